The summed E-state index contributed by atoms with van der Waals surface area (Å²) in [6.07, 6.45) is 0.350. The Morgan fingerprint density at radius 3 is 3.00 bits per heavy atom. The Morgan fingerprint density at radius 1 is 1.67 bits per heavy atom. The van der Waals surface area contributed by atoms with Crippen LogP contribution in [-0.4, -0.2) is 34.8 Å². The minimum Gasteiger partial charge on any atom is -0.479 e. The quantitative estimate of drug-likeness (QED) is 0.824. The number of carboxylic acids is 1. The SMILES string of the molecule is Cc1ccc(C#N)c(NC2(C(=O)O)CCOC2)n1. The second-order valence-electron chi connectivity index (χ2n) is 4.28. The summed E-state index contributed by atoms with van der Waals surface area (Å²) in [5.41, 5.74) is -0.143. The Hall–Kier alpha value is -2.13. The van der Waals surface area contributed by atoms with E-state index in [1.807, 2.05) is 6.07 Å². The number of anilines is 1. The highest BCUT2D eigenvalue weighted by Gasteiger charge is 2.43. The van der Waals surface area contributed by atoms with Crippen LogP contribution in [-0.2, 0) is 9.53 Å². The van der Waals surface area contributed by atoms with Crippen molar-refractivity contribution in [2.45, 2.75) is 18.9 Å². The molecular weight excluding hydrogens is 234 g/mol. The molecule has 1 aliphatic heterocycles. The Kier molecular flexibility index (Phi) is 3.17. The van der Waals surface area contributed by atoms with Crippen molar-refractivity contribution < 1.29 is 14.6 Å². The van der Waals surface area contributed by atoms with Crippen LogP contribution >= 0.6 is 0 Å². The van der Waals surface area contributed by atoms with Gasteiger partial charge in [0.15, 0.2) is 5.54 Å². The zero-order valence-corrected chi connectivity index (χ0v) is 9.93. The maximum absolute atomic E-state index is 11.4. The lowest BCUT2D eigenvalue weighted by molar-refractivity contribution is -0.142. The summed E-state index contributed by atoms with van der Waals surface area (Å²) in [6, 6.07) is 5.33. The molecule has 18 heavy (non-hydrogen) atoms. The van der Waals surface area contributed by atoms with Crippen molar-refractivity contribution in [3.8, 4) is 6.07 Å². The first kappa shape index (κ1) is 12.3. The number of pyridine rings is 1. The maximum atomic E-state index is 11.4. The third-order valence-corrected chi connectivity index (χ3v) is 2.94. The summed E-state index contributed by atoms with van der Waals surface area (Å²) in [7, 11) is 0. The standard InChI is InChI=1S/C12H13N3O3/c1-8-2-3-9(6-13)10(14-8)15-12(11(16)17)4-5-18-7-12/h2-3H,4-5,7H2,1H3,(H,14,15)(H,16,17). The number of nitriles is 1. The highest BCUT2D eigenvalue weighted by molar-refractivity contribution is 5.83. The molecule has 1 atom stereocenters. The molecule has 2 rings (SSSR count). The molecule has 0 bridgehead atoms. The topological polar surface area (TPSA) is 95.2 Å². The molecular formula is C12H13N3O3. The number of ether oxygens (including phenoxy) is 1. The first-order valence-corrected chi connectivity index (χ1v) is 5.54. The lowest BCUT2D eigenvalue weighted by Gasteiger charge is -2.24. The molecule has 1 aromatic heterocycles. The van der Waals surface area contributed by atoms with Crippen molar-refractivity contribution in [2.24, 2.45) is 0 Å². The van der Waals surface area contributed by atoms with Gasteiger partial charge in [0.05, 0.1) is 12.2 Å². The van der Waals surface area contributed by atoms with Crippen LogP contribution in [0.5, 0.6) is 0 Å². The highest BCUT2D eigenvalue weighted by Crippen LogP contribution is 2.25. The number of nitrogens with zero attached hydrogens (tertiary/aromatic N) is 2. The van der Waals surface area contributed by atoms with E-state index >= 15 is 0 Å². The molecule has 0 amide bonds. The number of nitrogens with one attached hydrogen (secondary N) is 1. The Balaban J connectivity index is 2.35. The lowest BCUT2D eigenvalue weighted by Crippen LogP contribution is -2.47. The Labute approximate surface area is 104 Å². The zero-order chi connectivity index (χ0) is 13.2. The van der Waals surface area contributed by atoms with Gasteiger partial charge in [-0.1, -0.05) is 0 Å². The first-order chi connectivity index (χ1) is 8.57. The number of carboxylic acid groups (broad SMARTS) is 1. The normalized spacial score (nSPS) is 22.4. The lowest BCUT2D eigenvalue weighted by atomic mass is 9.98. The molecule has 94 valence electrons. The van der Waals surface area contributed by atoms with Crippen molar-refractivity contribution >= 4 is 11.8 Å². The van der Waals surface area contributed by atoms with E-state index in [4.69, 9.17) is 10.00 Å². The van der Waals surface area contributed by atoms with Crippen LogP contribution in [0, 0.1) is 18.3 Å². The van der Waals surface area contributed by atoms with Gasteiger partial charge in [0.25, 0.3) is 0 Å². The average Bonchev–Trinajstić information content (AvgIpc) is 2.79. The number of aryl methyl sites for hydroxylation is 1. The van der Waals surface area contributed by atoms with Crippen molar-refractivity contribution in [3.63, 3.8) is 0 Å². The molecule has 1 fully saturated rings. The van der Waals surface area contributed by atoms with Crippen molar-refractivity contribution in [2.75, 3.05) is 18.5 Å². The summed E-state index contributed by atoms with van der Waals surface area (Å²) in [5, 5.41) is 21.2. The van der Waals surface area contributed by atoms with Crippen molar-refractivity contribution in [1.82, 2.24) is 4.98 Å². The van der Waals surface area contributed by atoms with Gasteiger partial charge in [0.1, 0.15) is 11.9 Å². The van der Waals surface area contributed by atoms with Crippen LogP contribution < -0.4 is 5.32 Å². The Bertz CT molecular complexity index is 516. The summed E-state index contributed by atoms with van der Waals surface area (Å²) in [5.74, 6) is -0.697. The summed E-state index contributed by atoms with van der Waals surface area (Å²) < 4.78 is 5.14. The van der Waals surface area contributed by atoms with E-state index in [1.165, 1.54) is 0 Å². The molecule has 1 unspecified atom stereocenters. The van der Waals surface area contributed by atoms with E-state index in [1.54, 1.807) is 19.1 Å². The smallest absolute Gasteiger partial charge is 0.331 e. The number of hydrogen-bond donors (Lipinski definition) is 2. The monoisotopic (exact) mass is 247 g/mol. The fraction of sp³-hybridized carbons (Fsp3) is 0.417. The van der Waals surface area contributed by atoms with Gasteiger partial charge < -0.3 is 15.2 Å². The van der Waals surface area contributed by atoms with Crippen molar-refractivity contribution in [3.05, 3.63) is 23.4 Å². The maximum Gasteiger partial charge on any atom is 0.331 e. The minimum atomic E-state index is -1.19. The second kappa shape index (κ2) is 4.63. The summed E-state index contributed by atoms with van der Waals surface area (Å²) >= 11 is 0. The molecule has 1 aromatic rings. The van der Waals surface area contributed by atoms with Crippen LogP contribution in [0.25, 0.3) is 0 Å². The fourth-order valence-corrected chi connectivity index (χ4v) is 1.85. The number of aromatic nitrogens is 1. The predicted octanol–water partition coefficient (Wildman–Crippen LogP) is 0.917. The molecule has 6 nitrogen and oxygen atoms in total. The largest absolute Gasteiger partial charge is 0.479 e. The molecule has 1 aliphatic rings. The van der Waals surface area contributed by atoms with E-state index in [0.717, 1.165) is 5.69 Å². The fourth-order valence-electron chi connectivity index (χ4n) is 1.85. The van der Waals surface area contributed by atoms with Gasteiger partial charge in [-0.15, -0.1) is 0 Å². The molecule has 0 aromatic carbocycles. The molecule has 2 N–H and O–H groups in total. The molecule has 1 saturated heterocycles. The van der Waals surface area contributed by atoms with Crippen LogP contribution in [0.4, 0.5) is 5.82 Å². The van der Waals surface area contributed by atoms with Crippen molar-refractivity contribution in [1.29, 1.82) is 5.26 Å². The number of carbonyl (C=O) groups is 1. The van der Waals surface area contributed by atoms with E-state index in [9.17, 15) is 9.90 Å². The average molecular weight is 247 g/mol. The summed E-state index contributed by atoms with van der Waals surface area (Å²) in [6.45, 7) is 2.24. The molecule has 6 heteroatoms. The van der Waals surface area contributed by atoms with Crippen LogP contribution in [0.15, 0.2) is 12.1 Å². The summed E-state index contributed by atoms with van der Waals surface area (Å²) in [4.78, 5) is 15.5. The van der Waals surface area contributed by atoms with Gasteiger partial charge in [-0.2, -0.15) is 5.26 Å². The number of rotatable bonds is 3. The highest BCUT2D eigenvalue weighted by atomic mass is 16.5. The molecule has 0 aliphatic carbocycles. The van der Waals surface area contributed by atoms with Gasteiger partial charge >= 0.3 is 5.97 Å². The second-order valence-corrected chi connectivity index (χ2v) is 4.28. The van der Waals surface area contributed by atoms with E-state index in [0.29, 0.717) is 24.4 Å². The minimum absolute atomic E-state index is 0.0722. The molecule has 0 spiro atoms. The first-order valence-electron chi connectivity index (χ1n) is 5.54. The van der Waals surface area contributed by atoms with E-state index in [-0.39, 0.29) is 6.61 Å². The molecule has 0 saturated carbocycles. The van der Waals surface area contributed by atoms with Crippen LogP contribution in [0.1, 0.15) is 17.7 Å². The van der Waals surface area contributed by atoms with Gasteiger partial charge in [-0.25, -0.2) is 9.78 Å². The molecule has 0 radical (unpaired) electrons. The molecule has 2 heterocycles. The number of aliphatic carboxylic acids is 1. The predicted molar refractivity (Wildman–Crippen MR) is 63.1 cm³/mol. The zero-order valence-electron chi connectivity index (χ0n) is 9.93. The third-order valence-electron chi connectivity index (χ3n) is 2.94. The third kappa shape index (κ3) is 2.13. The van der Waals surface area contributed by atoms with E-state index in [2.05, 4.69) is 10.3 Å². The van der Waals surface area contributed by atoms with Gasteiger partial charge in [0, 0.05) is 18.7 Å². The number of hydrogen-bond acceptors (Lipinski definition) is 5. The van der Waals surface area contributed by atoms with E-state index < -0.39 is 11.5 Å². The van der Waals surface area contributed by atoms with Gasteiger partial charge in [0.2, 0.25) is 0 Å². The van der Waals surface area contributed by atoms with Crippen LogP contribution in [0.3, 0.4) is 0 Å². The van der Waals surface area contributed by atoms with Gasteiger partial charge in [-0.3, -0.25) is 0 Å². The Morgan fingerprint density at radius 2 is 2.44 bits per heavy atom. The van der Waals surface area contributed by atoms with Gasteiger partial charge in [-0.05, 0) is 19.1 Å². The van der Waals surface area contributed by atoms with Crippen LogP contribution in [0.2, 0.25) is 0 Å².